The lowest BCUT2D eigenvalue weighted by molar-refractivity contribution is 0.341. The number of rotatable bonds is 3. The van der Waals surface area contributed by atoms with Crippen LogP contribution in [0, 0.1) is 5.41 Å². The quantitative estimate of drug-likeness (QED) is 0.725. The van der Waals surface area contributed by atoms with E-state index in [0.717, 1.165) is 6.04 Å². The van der Waals surface area contributed by atoms with Crippen LogP contribution in [0.5, 0.6) is 0 Å². The highest BCUT2D eigenvalue weighted by molar-refractivity contribution is 4.75. The van der Waals surface area contributed by atoms with Gasteiger partial charge in [-0.05, 0) is 31.2 Å². The van der Waals surface area contributed by atoms with Gasteiger partial charge in [-0.25, -0.2) is 0 Å². The van der Waals surface area contributed by atoms with Gasteiger partial charge in [-0.15, -0.1) is 0 Å². The molecule has 0 aromatic heterocycles. The van der Waals surface area contributed by atoms with E-state index in [2.05, 4.69) is 39.9 Å². The zero-order valence-corrected chi connectivity index (χ0v) is 10.8. The van der Waals surface area contributed by atoms with Crippen molar-refractivity contribution in [1.82, 2.24) is 5.32 Å². The van der Waals surface area contributed by atoms with Crippen LogP contribution in [0.4, 0.5) is 0 Å². The van der Waals surface area contributed by atoms with Gasteiger partial charge in [0.2, 0.25) is 0 Å². The highest BCUT2D eigenvalue weighted by atomic mass is 14.9. The van der Waals surface area contributed by atoms with Crippen LogP contribution in [0.3, 0.4) is 0 Å². The molecule has 1 nitrogen and oxygen atoms in total. The minimum absolute atomic E-state index is 0.542. The van der Waals surface area contributed by atoms with Crippen molar-refractivity contribution >= 4 is 0 Å². The van der Waals surface area contributed by atoms with Crippen molar-refractivity contribution in [3.63, 3.8) is 0 Å². The van der Waals surface area contributed by atoms with Gasteiger partial charge in [0, 0.05) is 6.04 Å². The van der Waals surface area contributed by atoms with Crippen molar-refractivity contribution in [2.24, 2.45) is 5.41 Å². The average molecular weight is 199 g/mol. The van der Waals surface area contributed by atoms with E-state index in [1.807, 2.05) is 0 Å². The summed E-state index contributed by atoms with van der Waals surface area (Å²) >= 11 is 0. The molecule has 0 aromatic rings. The van der Waals surface area contributed by atoms with E-state index >= 15 is 0 Å². The Morgan fingerprint density at radius 3 is 1.86 bits per heavy atom. The van der Waals surface area contributed by atoms with Crippen molar-refractivity contribution in [2.45, 2.75) is 72.8 Å². The fourth-order valence-corrected chi connectivity index (χ4v) is 0.961. The summed E-state index contributed by atoms with van der Waals surface area (Å²) in [6.45, 7) is 12.4. The summed E-state index contributed by atoms with van der Waals surface area (Å²) in [5, 5.41) is 3.47. The molecule has 0 aliphatic heterocycles. The van der Waals surface area contributed by atoms with E-state index in [9.17, 15) is 0 Å². The topological polar surface area (TPSA) is 12.0 Å². The molecule has 86 valence electrons. The van der Waals surface area contributed by atoms with Gasteiger partial charge in [-0.3, -0.25) is 0 Å². The fraction of sp³-hybridized carbons (Fsp3) is 1.00. The van der Waals surface area contributed by atoms with Crippen molar-refractivity contribution in [2.75, 3.05) is 6.54 Å². The van der Waals surface area contributed by atoms with E-state index < -0.39 is 0 Å². The predicted molar refractivity (Wildman–Crippen MR) is 65.7 cm³/mol. The van der Waals surface area contributed by atoms with Gasteiger partial charge in [0.25, 0.3) is 0 Å². The first kappa shape index (κ1) is 14.0. The molecular weight excluding hydrogens is 170 g/mol. The van der Waals surface area contributed by atoms with Crippen LogP contribution in [0.15, 0.2) is 0 Å². The highest BCUT2D eigenvalue weighted by Gasteiger charge is 2.14. The van der Waals surface area contributed by atoms with E-state index in [0.29, 0.717) is 5.41 Å². The Bertz CT molecular complexity index is 120. The average Bonchev–Trinajstić information content (AvgIpc) is 2.02. The summed E-state index contributed by atoms with van der Waals surface area (Å²) in [6, 6.07) is 0.884. The summed E-state index contributed by atoms with van der Waals surface area (Å²) in [5.74, 6) is 0. The molecule has 0 bridgehead atoms. The molecule has 0 unspecified atom stereocenters. The Morgan fingerprint density at radius 1 is 1.14 bits per heavy atom. The summed E-state index contributed by atoms with van der Waals surface area (Å²) < 4.78 is 0. The molecule has 0 atom stereocenters. The molecule has 0 saturated heterocycles. The number of hydrogen-bond donors (Lipinski definition) is 1. The maximum absolute atomic E-state index is 3.47. The number of nitrogens with one attached hydrogen (secondary N) is 1. The molecule has 1 fully saturated rings. The van der Waals surface area contributed by atoms with Crippen molar-refractivity contribution in [3.05, 3.63) is 0 Å². The first-order valence-corrected chi connectivity index (χ1v) is 6.23. The second-order valence-electron chi connectivity index (χ2n) is 5.50. The third-order valence-corrected chi connectivity index (χ3v) is 2.85. The van der Waals surface area contributed by atoms with Crippen LogP contribution in [-0.4, -0.2) is 12.6 Å². The van der Waals surface area contributed by atoms with E-state index in [1.54, 1.807) is 0 Å². The molecule has 1 saturated carbocycles. The number of hydrogen-bond acceptors (Lipinski definition) is 1. The molecule has 0 heterocycles. The van der Waals surface area contributed by atoms with Crippen LogP contribution >= 0.6 is 0 Å². The zero-order chi connectivity index (χ0) is 11.0. The predicted octanol–water partition coefficient (Wildman–Crippen LogP) is 3.98. The normalized spacial score (nSPS) is 16.9. The second-order valence-corrected chi connectivity index (χ2v) is 5.50. The Balaban J connectivity index is 0.000000255. The third-order valence-electron chi connectivity index (χ3n) is 2.85. The summed E-state index contributed by atoms with van der Waals surface area (Å²) in [4.78, 5) is 0. The SMILES string of the molecule is CCC(C)(C)C.CCCNC1CCC1. The molecule has 1 aliphatic carbocycles. The lowest BCUT2D eigenvalue weighted by Gasteiger charge is -2.26. The minimum Gasteiger partial charge on any atom is -0.314 e. The monoisotopic (exact) mass is 199 g/mol. The molecule has 1 heteroatoms. The van der Waals surface area contributed by atoms with Gasteiger partial charge in [-0.1, -0.05) is 47.5 Å². The van der Waals surface area contributed by atoms with Gasteiger partial charge in [-0.2, -0.15) is 0 Å². The Labute approximate surface area is 90.7 Å². The third kappa shape index (κ3) is 8.55. The van der Waals surface area contributed by atoms with E-state index in [4.69, 9.17) is 0 Å². The first-order valence-electron chi connectivity index (χ1n) is 6.23. The van der Waals surface area contributed by atoms with Crippen LogP contribution in [0.25, 0.3) is 0 Å². The van der Waals surface area contributed by atoms with Crippen molar-refractivity contribution in [3.8, 4) is 0 Å². The lowest BCUT2D eigenvalue weighted by atomic mass is 9.93. The van der Waals surface area contributed by atoms with E-state index in [1.165, 1.54) is 38.6 Å². The summed E-state index contributed by atoms with van der Waals surface area (Å²) in [7, 11) is 0. The molecule has 1 rings (SSSR count). The molecule has 0 amide bonds. The largest absolute Gasteiger partial charge is 0.314 e. The molecule has 1 N–H and O–H groups in total. The van der Waals surface area contributed by atoms with Gasteiger partial charge in [0.15, 0.2) is 0 Å². The van der Waals surface area contributed by atoms with Crippen molar-refractivity contribution in [1.29, 1.82) is 0 Å². The molecule has 0 spiro atoms. The standard InChI is InChI=1S/C7H15N.C6H14/c1-2-6-8-7-4-3-5-7;1-5-6(2,3)4/h7-8H,2-6H2,1H3;5H2,1-4H3. The van der Waals surface area contributed by atoms with Gasteiger partial charge >= 0.3 is 0 Å². The summed E-state index contributed by atoms with van der Waals surface area (Å²) in [5.41, 5.74) is 0.542. The van der Waals surface area contributed by atoms with Crippen LogP contribution in [0.2, 0.25) is 0 Å². The lowest BCUT2D eigenvalue weighted by Crippen LogP contribution is -2.35. The van der Waals surface area contributed by atoms with Gasteiger partial charge < -0.3 is 5.32 Å². The molecule has 0 radical (unpaired) electrons. The van der Waals surface area contributed by atoms with Crippen molar-refractivity contribution < 1.29 is 0 Å². The molecular formula is C13H29N. The second kappa shape index (κ2) is 7.28. The first-order chi connectivity index (χ1) is 6.49. The molecule has 14 heavy (non-hydrogen) atoms. The fourth-order valence-electron chi connectivity index (χ4n) is 0.961. The Hall–Kier alpha value is -0.0400. The van der Waals surface area contributed by atoms with E-state index in [-0.39, 0.29) is 0 Å². The molecule has 0 aromatic carbocycles. The van der Waals surface area contributed by atoms with Gasteiger partial charge in [0.1, 0.15) is 0 Å². The summed E-state index contributed by atoms with van der Waals surface area (Å²) in [6.07, 6.45) is 6.82. The smallest absolute Gasteiger partial charge is 0.00670 e. The maximum atomic E-state index is 3.47. The molecule has 1 aliphatic rings. The maximum Gasteiger partial charge on any atom is 0.00670 e. The van der Waals surface area contributed by atoms with Crippen LogP contribution in [-0.2, 0) is 0 Å². The van der Waals surface area contributed by atoms with Crippen LogP contribution < -0.4 is 5.32 Å². The van der Waals surface area contributed by atoms with Gasteiger partial charge in [0.05, 0.1) is 0 Å². The highest BCUT2D eigenvalue weighted by Crippen LogP contribution is 2.17. The Kier molecular flexibility index (Phi) is 7.26. The minimum atomic E-state index is 0.542. The zero-order valence-electron chi connectivity index (χ0n) is 10.8. The van der Waals surface area contributed by atoms with Crippen LogP contribution in [0.1, 0.15) is 66.7 Å². The Morgan fingerprint density at radius 2 is 1.64 bits per heavy atom.